The highest BCUT2D eigenvalue weighted by atomic mass is 19.1. The molecule has 2 aliphatic rings. The number of hydrogen-bond donors (Lipinski definition) is 1. The predicted octanol–water partition coefficient (Wildman–Crippen LogP) is 1.90. The first kappa shape index (κ1) is 19.0. The minimum absolute atomic E-state index is 0.156. The van der Waals surface area contributed by atoms with Gasteiger partial charge >= 0.3 is 0 Å². The number of ether oxygens (including phenoxy) is 2. The number of carbonyl (C=O) groups is 1. The lowest BCUT2D eigenvalue weighted by atomic mass is 9.97. The van der Waals surface area contributed by atoms with Gasteiger partial charge in [0.1, 0.15) is 17.5 Å². The Morgan fingerprint density at radius 1 is 1.21 bits per heavy atom. The zero-order valence-corrected chi connectivity index (χ0v) is 15.6. The van der Waals surface area contributed by atoms with Crippen molar-refractivity contribution in [1.82, 2.24) is 15.2 Å². The van der Waals surface area contributed by atoms with Gasteiger partial charge in [-0.3, -0.25) is 14.7 Å². The molecule has 0 radical (unpaired) electrons. The van der Waals surface area contributed by atoms with Crippen molar-refractivity contribution < 1.29 is 18.7 Å². The van der Waals surface area contributed by atoms with E-state index in [2.05, 4.69) is 15.2 Å². The molecular formula is C21H24FN3O3. The van der Waals surface area contributed by atoms with Gasteiger partial charge in [0.2, 0.25) is 5.91 Å². The van der Waals surface area contributed by atoms with Gasteiger partial charge in [-0.15, -0.1) is 0 Å². The second-order valence-corrected chi connectivity index (χ2v) is 7.45. The third-order valence-electron chi connectivity index (χ3n) is 5.26. The third-order valence-corrected chi connectivity index (χ3v) is 5.26. The highest BCUT2D eigenvalue weighted by Gasteiger charge is 2.46. The lowest BCUT2D eigenvalue weighted by molar-refractivity contribution is -0.130. The molecule has 148 valence electrons. The van der Waals surface area contributed by atoms with E-state index >= 15 is 0 Å². The van der Waals surface area contributed by atoms with Crippen LogP contribution in [0.25, 0.3) is 0 Å². The van der Waals surface area contributed by atoms with Gasteiger partial charge in [-0.2, -0.15) is 0 Å². The van der Waals surface area contributed by atoms with Gasteiger partial charge in [-0.1, -0.05) is 12.1 Å². The average molecular weight is 385 g/mol. The van der Waals surface area contributed by atoms with Crippen LogP contribution < -0.4 is 5.32 Å². The molecule has 1 aromatic carbocycles. The Kier molecular flexibility index (Phi) is 5.66. The first-order valence-electron chi connectivity index (χ1n) is 9.51. The number of pyridine rings is 1. The van der Waals surface area contributed by atoms with Crippen molar-refractivity contribution in [2.75, 3.05) is 26.3 Å². The van der Waals surface area contributed by atoms with E-state index < -0.39 is 11.7 Å². The lowest BCUT2D eigenvalue weighted by Gasteiger charge is -2.39. The number of nitrogens with zero attached hydrogens (tertiary/aromatic N) is 2. The van der Waals surface area contributed by atoms with Crippen molar-refractivity contribution in [2.24, 2.45) is 0 Å². The van der Waals surface area contributed by atoms with Gasteiger partial charge in [0.05, 0.1) is 13.2 Å². The highest BCUT2D eigenvalue weighted by Crippen LogP contribution is 2.32. The minimum atomic E-state index is -0.527. The van der Waals surface area contributed by atoms with Crippen LogP contribution in [0, 0.1) is 5.82 Å². The van der Waals surface area contributed by atoms with Crippen LogP contribution in [0.15, 0.2) is 48.8 Å². The van der Waals surface area contributed by atoms with Crippen molar-refractivity contribution >= 4 is 5.91 Å². The maximum absolute atomic E-state index is 13.0. The fourth-order valence-corrected chi connectivity index (χ4v) is 3.80. The second kappa shape index (κ2) is 8.34. The first-order valence-corrected chi connectivity index (χ1v) is 9.51. The van der Waals surface area contributed by atoms with E-state index in [-0.39, 0.29) is 11.7 Å². The van der Waals surface area contributed by atoms with Crippen LogP contribution in [0.2, 0.25) is 0 Å². The molecule has 4 rings (SSSR count). The quantitative estimate of drug-likeness (QED) is 0.852. The number of halogens is 1. The molecule has 6 nitrogen and oxygen atoms in total. The van der Waals surface area contributed by atoms with E-state index in [1.165, 1.54) is 17.7 Å². The van der Waals surface area contributed by atoms with Crippen molar-refractivity contribution in [3.63, 3.8) is 0 Å². The van der Waals surface area contributed by atoms with Gasteiger partial charge in [0.25, 0.3) is 0 Å². The average Bonchev–Trinajstić information content (AvgIpc) is 3.11. The molecule has 2 aliphatic heterocycles. The summed E-state index contributed by atoms with van der Waals surface area (Å²) in [6, 6.07) is 10.1. The molecule has 2 fully saturated rings. The summed E-state index contributed by atoms with van der Waals surface area (Å²) in [4.78, 5) is 18.9. The second-order valence-electron chi connectivity index (χ2n) is 7.45. The molecule has 1 aromatic heterocycles. The van der Waals surface area contributed by atoms with Gasteiger partial charge in [0.15, 0.2) is 0 Å². The number of nitrogens with one attached hydrogen (secondary N) is 1. The van der Waals surface area contributed by atoms with E-state index in [0.717, 1.165) is 25.2 Å². The number of amides is 1. The Labute approximate surface area is 163 Å². The molecule has 2 saturated heterocycles. The number of hydrogen-bond acceptors (Lipinski definition) is 5. The monoisotopic (exact) mass is 385 g/mol. The van der Waals surface area contributed by atoms with E-state index in [9.17, 15) is 9.18 Å². The van der Waals surface area contributed by atoms with Gasteiger partial charge < -0.3 is 14.8 Å². The van der Waals surface area contributed by atoms with E-state index in [1.807, 2.05) is 12.1 Å². The summed E-state index contributed by atoms with van der Waals surface area (Å²) in [7, 11) is 0. The number of rotatable bonds is 5. The van der Waals surface area contributed by atoms with Crippen LogP contribution in [-0.2, 0) is 27.4 Å². The number of morpholine rings is 1. The standard InChI is InChI=1S/C21H24FN3O3/c22-18-3-1-16(2-4-18)12-24-20(26)19-11-21(15-27-19)14-25(9-10-28-21)13-17-5-7-23-8-6-17/h1-8,19H,9-15H2,(H,24,26). The highest BCUT2D eigenvalue weighted by molar-refractivity contribution is 5.81. The number of carbonyl (C=O) groups excluding carboxylic acids is 1. The van der Waals surface area contributed by atoms with Crippen molar-refractivity contribution in [2.45, 2.75) is 31.2 Å². The Morgan fingerprint density at radius 3 is 2.79 bits per heavy atom. The molecule has 2 atom stereocenters. The summed E-state index contributed by atoms with van der Waals surface area (Å²) in [6.45, 7) is 3.80. The van der Waals surface area contributed by atoms with Crippen molar-refractivity contribution in [3.05, 3.63) is 65.7 Å². The van der Waals surface area contributed by atoms with E-state index in [4.69, 9.17) is 9.47 Å². The Balaban J connectivity index is 1.30. The summed E-state index contributed by atoms with van der Waals surface area (Å²) in [6.07, 6.45) is 3.60. The largest absolute Gasteiger partial charge is 0.370 e. The molecule has 2 unspecified atom stereocenters. The molecule has 2 aromatic rings. The topological polar surface area (TPSA) is 63.7 Å². The molecule has 0 saturated carbocycles. The predicted molar refractivity (Wildman–Crippen MR) is 101 cm³/mol. The normalized spacial score (nSPS) is 25.1. The molecular weight excluding hydrogens is 361 g/mol. The minimum Gasteiger partial charge on any atom is -0.370 e. The number of aromatic nitrogens is 1. The lowest BCUT2D eigenvalue weighted by Crippen LogP contribution is -2.52. The smallest absolute Gasteiger partial charge is 0.249 e. The summed E-state index contributed by atoms with van der Waals surface area (Å²) >= 11 is 0. The van der Waals surface area contributed by atoms with Crippen molar-refractivity contribution in [1.29, 1.82) is 0 Å². The van der Waals surface area contributed by atoms with Gasteiger partial charge in [0, 0.05) is 45.0 Å². The van der Waals surface area contributed by atoms with Crippen LogP contribution >= 0.6 is 0 Å². The summed E-state index contributed by atoms with van der Waals surface area (Å²) in [5, 5.41) is 2.87. The molecule has 3 heterocycles. The first-order chi connectivity index (χ1) is 13.6. The summed E-state index contributed by atoms with van der Waals surface area (Å²) in [5.41, 5.74) is 1.61. The number of benzene rings is 1. The molecule has 1 N–H and O–H groups in total. The molecule has 28 heavy (non-hydrogen) atoms. The fourth-order valence-electron chi connectivity index (χ4n) is 3.80. The summed E-state index contributed by atoms with van der Waals surface area (Å²) in [5.74, 6) is -0.446. The Morgan fingerprint density at radius 2 is 2.00 bits per heavy atom. The SMILES string of the molecule is O=C(NCc1ccc(F)cc1)C1CC2(CO1)CN(Cc1ccncc1)CCO2. The van der Waals surface area contributed by atoms with Gasteiger partial charge in [-0.05, 0) is 35.4 Å². The van der Waals surface area contributed by atoms with E-state index in [1.54, 1.807) is 24.5 Å². The van der Waals surface area contributed by atoms with Crippen molar-refractivity contribution in [3.8, 4) is 0 Å². The zero-order valence-electron chi connectivity index (χ0n) is 15.6. The Bertz CT molecular complexity index is 802. The molecule has 1 spiro atoms. The summed E-state index contributed by atoms with van der Waals surface area (Å²) < 4.78 is 24.8. The van der Waals surface area contributed by atoms with Crippen LogP contribution in [0.4, 0.5) is 4.39 Å². The molecule has 0 aliphatic carbocycles. The van der Waals surface area contributed by atoms with Crippen LogP contribution in [0.5, 0.6) is 0 Å². The maximum atomic E-state index is 13.0. The van der Waals surface area contributed by atoms with E-state index in [0.29, 0.717) is 26.2 Å². The Hall–Kier alpha value is -2.35. The molecule has 0 bridgehead atoms. The van der Waals surface area contributed by atoms with Gasteiger partial charge in [-0.25, -0.2) is 4.39 Å². The maximum Gasteiger partial charge on any atom is 0.249 e. The molecule has 7 heteroatoms. The third kappa shape index (κ3) is 4.55. The van der Waals surface area contributed by atoms with Crippen LogP contribution in [0.3, 0.4) is 0 Å². The zero-order chi connectivity index (χ0) is 19.4. The van der Waals surface area contributed by atoms with Crippen LogP contribution in [-0.4, -0.2) is 53.8 Å². The fraction of sp³-hybridized carbons (Fsp3) is 0.429. The molecule has 1 amide bonds. The van der Waals surface area contributed by atoms with Crippen LogP contribution in [0.1, 0.15) is 17.5 Å².